The smallest absolute Gasteiger partial charge is 0.255 e. The second-order valence-corrected chi connectivity index (χ2v) is 9.33. The highest BCUT2D eigenvalue weighted by atomic mass is 16.5. The Hall–Kier alpha value is -4.32. The minimum absolute atomic E-state index is 0.00224. The van der Waals surface area contributed by atoms with Gasteiger partial charge in [0.25, 0.3) is 5.91 Å². The fourth-order valence-corrected chi connectivity index (χ4v) is 5.17. The fourth-order valence-electron chi connectivity index (χ4n) is 5.17. The minimum atomic E-state index is -0.775. The lowest BCUT2D eigenvalue weighted by atomic mass is 9.94. The lowest BCUT2D eigenvalue weighted by Crippen LogP contribution is -2.40. The van der Waals surface area contributed by atoms with Crippen molar-refractivity contribution in [3.8, 4) is 11.5 Å². The zero-order valence-electron chi connectivity index (χ0n) is 21.2. The van der Waals surface area contributed by atoms with Gasteiger partial charge in [0.05, 0.1) is 14.2 Å². The number of hydrogen-bond donors (Lipinski definition) is 1. The molecule has 2 unspecified atom stereocenters. The van der Waals surface area contributed by atoms with Gasteiger partial charge in [-0.25, -0.2) is 0 Å². The Kier molecular flexibility index (Phi) is 6.82. The van der Waals surface area contributed by atoms with Crippen LogP contribution < -0.4 is 14.8 Å². The van der Waals surface area contributed by atoms with Crippen molar-refractivity contribution in [2.45, 2.75) is 25.4 Å². The molecule has 37 heavy (non-hydrogen) atoms. The highest BCUT2D eigenvalue weighted by Gasteiger charge is 2.42. The number of rotatable bonds is 8. The molecule has 188 valence electrons. The molecule has 0 fully saturated rings. The minimum Gasteiger partial charge on any atom is -0.493 e. The first-order valence-electron chi connectivity index (χ1n) is 12.4. The molecule has 0 radical (unpaired) electrons. The van der Waals surface area contributed by atoms with Gasteiger partial charge in [-0.3, -0.25) is 9.59 Å². The Balaban J connectivity index is 1.50. The van der Waals surface area contributed by atoms with Crippen LogP contribution in [0, 0.1) is 0 Å². The maximum atomic E-state index is 13.7. The van der Waals surface area contributed by atoms with Crippen molar-refractivity contribution in [3.05, 3.63) is 107 Å². The van der Waals surface area contributed by atoms with Crippen molar-refractivity contribution in [1.82, 2.24) is 10.2 Å². The first-order valence-corrected chi connectivity index (χ1v) is 12.4. The van der Waals surface area contributed by atoms with Gasteiger partial charge in [0.15, 0.2) is 11.5 Å². The van der Waals surface area contributed by atoms with E-state index >= 15 is 0 Å². The molecule has 0 aromatic heterocycles. The van der Waals surface area contributed by atoms with Crippen LogP contribution in [-0.4, -0.2) is 37.5 Å². The number of ether oxygens (including phenoxy) is 2. The third-order valence-electron chi connectivity index (χ3n) is 7.04. The normalized spacial score (nSPS) is 15.4. The first-order chi connectivity index (χ1) is 18.0. The van der Waals surface area contributed by atoms with Crippen molar-refractivity contribution >= 4 is 22.6 Å². The number of carbonyl (C=O) groups is 2. The molecule has 0 saturated heterocycles. The van der Waals surface area contributed by atoms with Gasteiger partial charge in [0.1, 0.15) is 6.04 Å². The van der Waals surface area contributed by atoms with E-state index in [0.29, 0.717) is 35.7 Å². The molecule has 5 rings (SSSR count). The molecule has 6 heteroatoms. The van der Waals surface area contributed by atoms with Crippen molar-refractivity contribution in [3.63, 3.8) is 0 Å². The van der Waals surface area contributed by atoms with E-state index in [1.165, 1.54) is 7.11 Å². The molecular weight excluding hydrogens is 464 g/mol. The van der Waals surface area contributed by atoms with Gasteiger partial charge in [-0.2, -0.15) is 0 Å². The van der Waals surface area contributed by atoms with Crippen LogP contribution in [0.1, 0.15) is 45.9 Å². The number of methoxy groups -OCH3 is 2. The molecule has 0 aliphatic carbocycles. The van der Waals surface area contributed by atoms with Crippen LogP contribution in [-0.2, 0) is 11.3 Å². The summed E-state index contributed by atoms with van der Waals surface area (Å²) in [7, 11) is 3.08. The van der Waals surface area contributed by atoms with Gasteiger partial charge in [-0.05, 0) is 39.9 Å². The summed E-state index contributed by atoms with van der Waals surface area (Å²) in [5, 5.41) is 5.33. The maximum absolute atomic E-state index is 13.7. The standard InChI is InChI=1S/C31H30N2O4/c1-20(23-15-9-13-22-12-7-8-14-24(22)23)19-33-29(30(34)32-18-21-10-5-4-6-11-21)25-16-27(36-2)28(37-3)17-26(25)31(33)35/h4-17,20,29H,18-19H2,1-3H3,(H,32,34). The Labute approximate surface area is 216 Å². The molecule has 6 nitrogen and oxygen atoms in total. The SMILES string of the molecule is COc1cc2c(cc1OC)C(C(=O)NCc1ccccc1)N(CC(C)c1cccc3ccccc13)C2=O. The van der Waals surface area contributed by atoms with Gasteiger partial charge < -0.3 is 19.7 Å². The van der Waals surface area contributed by atoms with Crippen LogP contribution >= 0.6 is 0 Å². The summed E-state index contributed by atoms with van der Waals surface area (Å²) in [5.41, 5.74) is 3.21. The van der Waals surface area contributed by atoms with Gasteiger partial charge in [-0.1, -0.05) is 79.7 Å². The molecule has 0 spiro atoms. The van der Waals surface area contributed by atoms with E-state index in [1.54, 1.807) is 24.1 Å². The number of benzene rings is 4. The fraction of sp³-hybridized carbons (Fsp3) is 0.226. The van der Waals surface area contributed by atoms with Gasteiger partial charge in [-0.15, -0.1) is 0 Å². The van der Waals surface area contributed by atoms with E-state index in [0.717, 1.165) is 21.9 Å². The summed E-state index contributed by atoms with van der Waals surface area (Å²) in [6.07, 6.45) is 0. The quantitative estimate of drug-likeness (QED) is 0.353. The molecular formula is C31H30N2O4. The molecule has 1 N–H and O–H groups in total. The van der Waals surface area contributed by atoms with Gasteiger partial charge in [0, 0.05) is 24.2 Å². The Morgan fingerprint density at radius 3 is 2.35 bits per heavy atom. The molecule has 1 aliphatic heterocycles. The summed E-state index contributed by atoms with van der Waals surface area (Å²) < 4.78 is 10.9. The number of fused-ring (bicyclic) bond motifs is 2. The Morgan fingerprint density at radius 1 is 0.919 bits per heavy atom. The number of amides is 2. The van der Waals surface area contributed by atoms with E-state index in [9.17, 15) is 9.59 Å². The number of nitrogens with one attached hydrogen (secondary N) is 1. The van der Waals surface area contributed by atoms with E-state index in [-0.39, 0.29) is 17.7 Å². The topological polar surface area (TPSA) is 67.9 Å². The average Bonchev–Trinajstić information content (AvgIpc) is 3.21. The lowest BCUT2D eigenvalue weighted by Gasteiger charge is -2.28. The zero-order valence-corrected chi connectivity index (χ0v) is 21.2. The molecule has 1 heterocycles. The number of nitrogens with zero attached hydrogens (tertiary/aromatic N) is 1. The van der Waals surface area contributed by atoms with Gasteiger partial charge in [0.2, 0.25) is 5.91 Å². The summed E-state index contributed by atoms with van der Waals surface area (Å²) >= 11 is 0. The second-order valence-electron chi connectivity index (χ2n) is 9.33. The predicted octanol–water partition coefficient (Wildman–Crippen LogP) is 5.47. The largest absolute Gasteiger partial charge is 0.493 e. The lowest BCUT2D eigenvalue weighted by molar-refractivity contribution is -0.125. The van der Waals surface area contributed by atoms with Crippen molar-refractivity contribution in [2.24, 2.45) is 0 Å². The molecule has 0 bridgehead atoms. The monoisotopic (exact) mass is 494 g/mol. The second kappa shape index (κ2) is 10.3. The molecule has 4 aromatic carbocycles. The number of hydrogen-bond acceptors (Lipinski definition) is 4. The summed E-state index contributed by atoms with van der Waals surface area (Å²) in [4.78, 5) is 29.1. The maximum Gasteiger partial charge on any atom is 0.255 e. The Bertz CT molecular complexity index is 1450. The summed E-state index contributed by atoms with van der Waals surface area (Å²) in [6, 6.07) is 26.8. The highest BCUT2D eigenvalue weighted by Crippen LogP contribution is 2.42. The van der Waals surface area contributed by atoms with Crippen molar-refractivity contribution < 1.29 is 19.1 Å². The predicted molar refractivity (Wildman–Crippen MR) is 144 cm³/mol. The van der Waals surface area contributed by atoms with Crippen LogP contribution in [0.4, 0.5) is 0 Å². The van der Waals surface area contributed by atoms with Crippen molar-refractivity contribution in [1.29, 1.82) is 0 Å². The summed E-state index contributed by atoms with van der Waals surface area (Å²) in [6.45, 7) is 2.85. The zero-order chi connectivity index (χ0) is 25.9. The molecule has 2 atom stereocenters. The highest BCUT2D eigenvalue weighted by molar-refractivity contribution is 6.05. The van der Waals surface area contributed by atoms with Crippen LogP contribution in [0.15, 0.2) is 84.9 Å². The van der Waals surface area contributed by atoms with E-state index in [2.05, 4.69) is 36.5 Å². The summed E-state index contributed by atoms with van der Waals surface area (Å²) in [5.74, 6) is 0.523. The van der Waals surface area contributed by atoms with E-state index in [4.69, 9.17) is 9.47 Å². The number of carbonyl (C=O) groups excluding carboxylic acids is 2. The molecule has 2 amide bonds. The first kappa shape index (κ1) is 24.4. The van der Waals surface area contributed by atoms with Crippen LogP contribution in [0.2, 0.25) is 0 Å². The van der Waals surface area contributed by atoms with Crippen LogP contribution in [0.5, 0.6) is 11.5 Å². The molecule has 4 aromatic rings. The van der Waals surface area contributed by atoms with Crippen LogP contribution in [0.25, 0.3) is 10.8 Å². The molecule has 0 saturated carbocycles. The van der Waals surface area contributed by atoms with Crippen molar-refractivity contribution in [2.75, 3.05) is 20.8 Å². The van der Waals surface area contributed by atoms with Crippen LogP contribution in [0.3, 0.4) is 0 Å². The Morgan fingerprint density at radius 2 is 1.59 bits per heavy atom. The average molecular weight is 495 g/mol. The third kappa shape index (κ3) is 4.62. The van der Waals surface area contributed by atoms with E-state index in [1.807, 2.05) is 48.5 Å². The van der Waals surface area contributed by atoms with E-state index < -0.39 is 6.04 Å². The van der Waals surface area contributed by atoms with Gasteiger partial charge >= 0.3 is 0 Å². The molecule has 1 aliphatic rings. The third-order valence-corrected chi connectivity index (χ3v) is 7.04.